The zero-order valence-electron chi connectivity index (χ0n) is 12.0. The number of nitrogens with zero attached hydrogens (tertiary/aromatic N) is 2. The van der Waals surface area contributed by atoms with Crippen LogP contribution in [0.4, 0.5) is 0 Å². The van der Waals surface area contributed by atoms with Gasteiger partial charge in [-0.05, 0) is 24.0 Å². The van der Waals surface area contributed by atoms with Crippen molar-refractivity contribution in [3.8, 4) is 0 Å². The Morgan fingerprint density at radius 1 is 1.05 bits per heavy atom. The molecule has 1 aromatic carbocycles. The van der Waals surface area contributed by atoms with E-state index in [0.717, 1.165) is 6.54 Å². The van der Waals surface area contributed by atoms with Gasteiger partial charge in [0.25, 0.3) is 0 Å². The van der Waals surface area contributed by atoms with Gasteiger partial charge in [-0.15, -0.1) is 0 Å². The molecule has 20 heavy (non-hydrogen) atoms. The van der Waals surface area contributed by atoms with Crippen molar-refractivity contribution in [1.29, 1.82) is 0 Å². The summed E-state index contributed by atoms with van der Waals surface area (Å²) in [4.78, 5) is 4.61. The van der Waals surface area contributed by atoms with E-state index < -0.39 is 0 Å². The normalized spacial score (nSPS) is 16.4. The first-order valence-electron chi connectivity index (χ1n) is 7.66. The molecule has 1 aromatic heterocycles. The van der Waals surface area contributed by atoms with Crippen LogP contribution in [0, 0.1) is 0 Å². The Morgan fingerprint density at radius 3 is 2.45 bits per heavy atom. The molecule has 0 aliphatic heterocycles. The van der Waals surface area contributed by atoms with E-state index in [1.807, 2.05) is 6.20 Å². The van der Waals surface area contributed by atoms with Gasteiger partial charge in [0.1, 0.15) is 5.82 Å². The molecule has 0 unspecified atom stereocenters. The van der Waals surface area contributed by atoms with Crippen LogP contribution >= 0.6 is 0 Å². The average molecular weight is 269 g/mol. The fraction of sp³-hybridized carbons (Fsp3) is 0.471. The molecule has 3 nitrogen and oxygen atoms in total. The molecule has 1 fully saturated rings. The van der Waals surface area contributed by atoms with Crippen molar-refractivity contribution in [2.75, 3.05) is 0 Å². The van der Waals surface area contributed by atoms with Gasteiger partial charge in [0.15, 0.2) is 0 Å². The van der Waals surface area contributed by atoms with Crippen molar-refractivity contribution in [2.45, 2.75) is 51.1 Å². The Morgan fingerprint density at radius 2 is 1.75 bits per heavy atom. The van der Waals surface area contributed by atoms with Gasteiger partial charge in [-0.2, -0.15) is 0 Å². The van der Waals surface area contributed by atoms with Gasteiger partial charge in [-0.3, -0.25) is 0 Å². The van der Waals surface area contributed by atoms with E-state index in [1.165, 1.54) is 49.1 Å². The van der Waals surface area contributed by atoms with Crippen molar-refractivity contribution in [2.24, 2.45) is 5.73 Å². The van der Waals surface area contributed by atoms with Crippen LogP contribution in [-0.4, -0.2) is 9.55 Å². The topological polar surface area (TPSA) is 43.8 Å². The van der Waals surface area contributed by atoms with Crippen LogP contribution in [0.2, 0.25) is 0 Å². The largest absolute Gasteiger partial charge is 0.330 e. The third-order valence-electron chi connectivity index (χ3n) is 4.33. The molecule has 1 heterocycles. The van der Waals surface area contributed by atoms with Gasteiger partial charge in [-0.1, -0.05) is 43.5 Å². The monoisotopic (exact) mass is 269 g/mol. The molecule has 2 aromatic rings. The van der Waals surface area contributed by atoms with Crippen LogP contribution in [0.1, 0.15) is 55.0 Å². The summed E-state index contributed by atoms with van der Waals surface area (Å²) in [6, 6.07) is 8.58. The summed E-state index contributed by atoms with van der Waals surface area (Å²) in [7, 11) is 0. The third kappa shape index (κ3) is 2.93. The molecule has 0 amide bonds. The molecule has 1 aliphatic rings. The van der Waals surface area contributed by atoms with E-state index in [-0.39, 0.29) is 0 Å². The number of hydrogen-bond donors (Lipinski definition) is 1. The van der Waals surface area contributed by atoms with E-state index in [0.29, 0.717) is 12.5 Å². The second kappa shape index (κ2) is 6.23. The van der Waals surface area contributed by atoms with Crippen molar-refractivity contribution in [1.82, 2.24) is 9.55 Å². The summed E-state index contributed by atoms with van der Waals surface area (Å²) >= 11 is 0. The third-order valence-corrected chi connectivity index (χ3v) is 4.33. The summed E-state index contributed by atoms with van der Waals surface area (Å²) in [5.74, 6) is 1.93. The van der Waals surface area contributed by atoms with Crippen molar-refractivity contribution >= 4 is 0 Å². The summed E-state index contributed by atoms with van der Waals surface area (Å²) < 4.78 is 2.31. The standard InChI is InChI=1S/C17H23N3/c18-12-14-6-8-15(9-7-14)13-20-11-10-19-17(20)16-4-2-1-3-5-16/h6-11,16H,1-5,12-13,18H2. The maximum Gasteiger partial charge on any atom is 0.112 e. The lowest BCUT2D eigenvalue weighted by Gasteiger charge is -2.22. The second-order valence-electron chi connectivity index (χ2n) is 5.77. The SMILES string of the molecule is NCc1ccc(Cn2ccnc2C2CCCCC2)cc1. The predicted molar refractivity (Wildman–Crippen MR) is 81.5 cm³/mol. The maximum absolute atomic E-state index is 5.64. The van der Waals surface area contributed by atoms with Crippen LogP contribution < -0.4 is 5.73 Å². The molecule has 1 saturated carbocycles. The van der Waals surface area contributed by atoms with Gasteiger partial charge in [0.05, 0.1) is 0 Å². The van der Waals surface area contributed by atoms with Crippen LogP contribution in [0.25, 0.3) is 0 Å². The van der Waals surface area contributed by atoms with Gasteiger partial charge in [-0.25, -0.2) is 4.98 Å². The number of nitrogens with two attached hydrogens (primary N) is 1. The molecule has 0 radical (unpaired) electrons. The first-order valence-corrected chi connectivity index (χ1v) is 7.66. The molecule has 3 heteroatoms. The number of imidazole rings is 1. The summed E-state index contributed by atoms with van der Waals surface area (Å²) in [5, 5.41) is 0. The second-order valence-corrected chi connectivity index (χ2v) is 5.77. The Balaban J connectivity index is 1.75. The van der Waals surface area contributed by atoms with Crippen LogP contribution in [0.5, 0.6) is 0 Å². The first kappa shape index (κ1) is 13.4. The lowest BCUT2D eigenvalue weighted by atomic mass is 9.88. The molecule has 2 N–H and O–H groups in total. The minimum Gasteiger partial charge on any atom is -0.330 e. The molecule has 0 saturated heterocycles. The Labute approximate surface area is 120 Å². The van der Waals surface area contributed by atoms with Gasteiger partial charge >= 0.3 is 0 Å². The molecule has 106 valence electrons. The highest BCUT2D eigenvalue weighted by Crippen LogP contribution is 2.31. The number of aromatic nitrogens is 2. The predicted octanol–water partition coefficient (Wildman–Crippen LogP) is 3.44. The maximum atomic E-state index is 5.64. The zero-order valence-corrected chi connectivity index (χ0v) is 12.0. The van der Waals surface area contributed by atoms with E-state index >= 15 is 0 Å². The lowest BCUT2D eigenvalue weighted by molar-refractivity contribution is 0.418. The molecule has 0 spiro atoms. The Hall–Kier alpha value is -1.61. The van der Waals surface area contributed by atoms with Gasteiger partial charge < -0.3 is 10.3 Å². The summed E-state index contributed by atoms with van der Waals surface area (Å²) in [5.41, 5.74) is 8.15. The highest BCUT2D eigenvalue weighted by atomic mass is 15.1. The molecule has 3 rings (SSSR count). The van der Waals surface area contributed by atoms with E-state index in [4.69, 9.17) is 5.73 Å². The summed E-state index contributed by atoms with van der Waals surface area (Å²) in [6.45, 7) is 1.52. The van der Waals surface area contributed by atoms with Crippen LogP contribution in [-0.2, 0) is 13.1 Å². The minimum absolute atomic E-state index is 0.610. The van der Waals surface area contributed by atoms with Crippen molar-refractivity contribution in [3.63, 3.8) is 0 Å². The number of benzene rings is 1. The van der Waals surface area contributed by atoms with Gasteiger partial charge in [0, 0.05) is 31.4 Å². The van der Waals surface area contributed by atoms with Crippen LogP contribution in [0.3, 0.4) is 0 Å². The highest BCUT2D eigenvalue weighted by Gasteiger charge is 2.19. The van der Waals surface area contributed by atoms with Crippen LogP contribution in [0.15, 0.2) is 36.7 Å². The smallest absolute Gasteiger partial charge is 0.112 e. The molecule has 1 aliphatic carbocycles. The Kier molecular flexibility index (Phi) is 4.16. The lowest BCUT2D eigenvalue weighted by Crippen LogP contribution is -2.12. The molecule has 0 atom stereocenters. The fourth-order valence-electron chi connectivity index (χ4n) is 3.15. The highest BCUT2D eigenvalue weighted by molar-refractivity contribution is 5.23. The number of hydrogen-bond acceptors (Lipinski definition) is 2. The quantitative estimate of drug-likeness (QED) is 0.924. The molecular weight excluding hydrogens is 246 g/mol. The van der Waals surface area contributed by atoms with Gasteiger partial charge in [0.2, 0.25) is 0 Å². The number of rotatable bonds is 4. The van der Waals surface area contributed by atoms with Crippen molar-refractivity contribution in [3.05, 3.63) is 53.6 Å². The van der Waals surface area contributed by atoms with E-state index in [2.05, 4.69) is 40.0 Å². The van der Waals surface area contributed by atoms with E-state index in [1.54, 1.807) is 0 Å². The van der Waals surface area contributed by atoms with Crippen molar-refractivity contribution < 1.29 is 0 Å². The first-order chi connectivity index (χ1) is 9.86. The Bertz CT molecular complexity index is 536. The molecular formula is C17H23N3. The van der Waals surface area contributed by atoms with E-state index in [9.17, 15) is 0 Å². The summed E-state index contributed by atoms with van der Waals surface area (Å²) in [6.07, 6.45) is 10.7. The fourth-order valence-corrected chi connectivity index (χ4v) is 3.15. The minimum atomic E-state index is 0.610. The zero-order chi connectivity index (χ0) is 13.8. The average Bonchev–Trinajstić information content (AvgIpc) is 2.97. The molecule has 0 bridgehead atoms.